The third-order valence-electron chi connectivity index (χ3n) is 5.86. The molecule has 0 spiro atoms. The molecule has 34 heavy (non-hydrogen) atoms. The quantitative estimate of drug-likeness (QED) is 0.268. The third-order valence-corrected chi connectivity index (χ3v) is 5.86. The third kappa shape index (κ3) is 5.95. The number of anilines is 2. The number of hydrogen-bond acceptors (Lipinski definition) is 4. The van der Waals surface area contributed by atoms with Gasteiger partial charge in [-0.1, -0.05) is 50.1 Å². The van der Waals surface area contributed by atoms with Crippen LogP contribution in [0, 0.1) is 0 Å². The number of nitrogens with one attached hydrogen (secondary N) is 1. The van der Waals surface area contributed by atoms with Crippen LogP contribution in [0.1, 0.15) is 48.5 Å². The van der Waals surface area contributed by atoms with Crippen LogP contribution in [0.2, 0.25) is 0 Å². The molecule has 0 saturated carbocycles. The topological polar surface area (TPSA) is 82.2 Å². The number of ether oxygens (including phenoxy) is 1. The molecular weight excluding hydrogens is 424 g/mol. The molecule has 0 aliphatic carbocycles. The number of carbonyl (C=O) groups is 1. The second-order valence-corrected chi connectivity index (χ2v) is 8.45. The minimum absolute atomic E-state index is 0.174. The van der Waals surface area contributed by atoms with Crippen LogP contribution in [-0.4, -0.2) is 22.1 Å². The summed E-state index contributed by atoms with van der Waals surface area (Å²) in [6.45, 7) is 3.65. The Morgan fingerprint density at radius 2 is 1.79 bits per heavy atom. The van der Waals surface area contributed by atoms with E-state index in [1.165, 1.54) is 5.56 Å². The number of aromatic nitrogens is 2. The molecule has 1 aromatic heterocycles. The lowest BCUT2D eigenvalue weighted by Crippen LogP contribution is -2.11. The van der Waals surface area contributed by atoms with Crippen LogP contribution in [-0.2, 0) is 13.0 Å². The average molecular weight is 457 g/mol. The van der Waals surface area contributed by atoms with Crippen LogP contribution >= 0.6 is 0 Å². The van der Waals surface area contributed by atoms with Gasteiger partial charge in [0, 0.05) is 17.8 Å². The Kier molecular flexibility index (Phi) is 7.81. The van der Waals surface area contributed by atoms with Gasteiger partial charge in [-0.2, -0.15) is 0 Å². The fraction of sp³-hybridized carbons (Fsp3) is 0.286. The molecule has 176 valence electrons. The minimum atomic E-state index is -0.174. The Morgan fingerprint density at radius 3 is 2.56 bits per heavy atom. The highest BCUT2D eigenvalue weighted by Gasteiger charge is 2.11. The minimum Gasteiger partial charge on any atom is -0.494 e. The number of benzene rings is 3. The van der Waals surface area contributed by atoms with Gasteiger partial charge < -0.3 is 20.4 Å². The van der Waals surface area contributed by atoms with Crippen molar-refractivity contribution in [1.82, 2.24) is 9.55 Å². The monoisotopic (exact) mass is 456 g/mol. The smallest absolute Gasteiger partial charge is 0.255 e. The number of unbranched alkanes of at least 4 members (excludes halogenated alkanes) is 2. The maximum atomic E-state index is 12.7. The molecule has 6 heteroatoms. The van der Waals surface area contributed by atoms with Crippen molar-refractivity contribution >= 4 is 28.6 Å². The lowest BCUT2D eigenvalue weighted by atomic mass is 10.1. The van der Waals surface area contributed by atoms with Gasteiger partial charge in [0.25, 0.3) is 5.91 Å². The molecule has 6 nitrogen and oxygen atoms in total. The van der Waals surface area contributed by atoms with E-state index in [1.54, 1.807) is 12.1 Å². The van der Waals surface area contributed by atoms with Crippen LogP contribution in [0.3, 0.4) is 0 Å². The van der Waals surface area contributed by atoms with Crippen LogP contribution in [0.4, 0.5) is 11.6 Å². The number of nitrogen functional groups attached to an aromatic ring is 1. The number of carbonyl (C=O) groups excluding carboxylic acids is 1. The largest absolute Gasteiger partial charge is 0.494 e. The molecule has 4 aromatic rings. The van der Waals surface area contributed by atoms with Crippen molar-refractivity contribution in [1.29, 1.82) is 0 Å². The van der Waals surface area contributed by atoms with Gasteiger partial charge in [0.1, 0.15) is 5.75 Å². The Labute approximate surface area is 200 Å². The number of amides is 1. The zero-order valence-corrected chi connectivity index (χ0v) is 19.7. The van der Waals surface area contributed by atoms with E-state index in [9.17, 15) is 4.79 Å². The fourth-order valence-corrected chi connectivity index (χ4v) is 4.00. The van der Waals surface area contributed by atoms with E-state index in [2.05, 4.69) is 41.5 Å². The van der Waals surface area contributed by atoms with Crippen molar-refractivity contribution in [3.05, 3.63) is 83.9 Å². The number of nitrogens with two attached hydrogens (primary N) is 1. The lowest BCUT2D eigenvalue weighted by Gasteiger charge is -2.09. The summed E-state index contributed by atoms with van der Waals surface area (Å²) in [7, 11) is 0. The van der Waals surface area contributed by atoms with Crippen molar-refractivity contribution in [3.63, 3.8) is 0 Å². The molecule has 0 radical (unpaired) electrons. The van der Waals surface area contributed by atoms with Gasteiger partial charge in [-0.25, -0.2) is 4.98 Å². The van der Waals surface area contributed by atoms with Crippen molar-refractivity contribution in [2.75, 3.05) is 17.7 Å². The number of nitrogens with zero attached hydrogens (tertiary/aromatic N) is 2. The van der Waals surface area contributed by atoms with Gasteiger partial charge in [-0.05, 0) is 67.3 Å². The second-order valence-electron chi connectivity index (χ2n) is 8.45. The number of aryl methyl sites for hydroxylation is 2. The van der Waals surface area contributed by atoms with Gasteiger partial charge in [0.05, 0.1) is 17.6 Å². The summed E-state index contributed by atoms with van der Waals surface area (Å²) in [5.41, 5.74) is 10.5. The van der Waals surface area contributed by atoms with Crippen LogP contribution in [0.5, 0.6) is 5.75 Å². The van der Waals surface area contributed by atoms with E-state index in [4.69, 9.17) is 10.5 Å². The molecule has 1 amide bonds. The summed E-state index contributed by atoms with van der Waals surface area (Å²) in [5.74, 6) is 1.09. The molecular formula is C28H32N4O2. The molecule has 3 N–H and O–H groups in total. The fourth-order valence-electron chi connectivity index (χ4n) is 4.00. The first kappa shape index (κ1) is 23.4. The predicted octanol–water partition coefficient (Wildman–Crippen LogP) is 6.07. The van der Waals surface area contributed by atoms with E-state index >= 15 is 0 Å². The Hall–Kier alpha value is -3.80. The van der Waals surface area contributed by atoms with Gasteiger partial charge in [-0.15, -0.1) is 0 Å². The Balaban J connectivity index is 1.36. The van der Waals surface area contributed by atoms with E-state index in [0.29, 0.717) is 23.8 Å². The Bertz CT molecular complexity index is 1220. The summed E-state index contributed by atoms with van der Waals surface area (Å²) >= 11 is 0. The highest BCUT2D eigenvalue weighted by Crippen LogP contribution is 2.23. The highest BCUT2D eigenvalue weighted by molar-refractivity contribution is 6.05. The molecule has 0 unspecified atom stereocenters. The van der Waals surface area contributed by atoms with Crippen molar-refractivity contribution in [3.8, 4) is 5.75 Å². The van der Waals surface area contributed by atoms with Gasteiger partial charge in [-0.3, -0.25) is 4.79 Å². The van der Waals surface area contributed by atoms with Gasteiger partial charge in [0.2, 0.25) is 5.95 Å². The number of hydrogen-bond donors (Lipinski definition) is 2. The van der Waals surface area contributed by atoms with E-state index in [0.717, 1.165) is 55.4 Å². The maximum absolute atomic E-state index is 12.7. The SMILES string of the molecule is CCCCCOc1ccc(C(=O)Nc2ccc3c(c2)nc(N)n3CCCc2ccccc2)cc1. The highest BCUT2D eigenvalue weighted by atomic mass is 16.5. The van der Waals surface area contributed by atoms with Gasteiger partial charge >= 0.3 is 0 Å². The number of fused-ring (bicyclic) bond motifs is 1. The maximum Gasteiger partial charge on any atom is 0.255 e. The molecule has 1 heterocycles. The molecule has 0 saturated heterocycles. The summed E-state index contributed by atoms with van der Waals surface area (Å²) in [6, 6.07) is 23.4. The second kappa shape index (κ2) is 11.4. The molecule has 0 aliphatic rings. The van der Waals surface area contributed by atoms with Crippen molar-refractivity contribution < 1.29 is 9.53 Å². The standard InChI is InChI=1S/C28H32N4O2/c1-2-3-7-19-34-24-15-12-22(13-16-24)27(33)30-23-14-17-26-25(20-23)31-28(29)32(26)18-8-11-21-9-5-4-6-10-21/h4-6,9-10,12-17,20H,2-3,7-8,11,18-19H2,1H3,(H2,29,31)(H,30,33). The van der Waals surface area contributed by atoms with Crippen molar-refractivity contribution in [2.24, 2.45) is 0 Å². The zero-order valence-electron chi connectivity index (χ0n) is 19.7. The predicted molar refractivity (Wildman–Crippen MR) is 138 cm³/mol. The first-order chi connectivity index (χ1) is 16.6. The summed E-state index contributed by atoms with van der Waals surface area (Å²) in [6.07, 6.45) is 5.30. The van der Waals surface area contributed by atoms with E-state index in [1.807, 2.05) is 41.0 Å². The van der Waals surface area contributed by atoms with Crippen LogP contribution in [0.15, 0.2) is 72.8 Å². The average Bonchev–Trinajstić information content (AvgIpc) is 3.17. The van der Waals surface area contributed by atoms with Crippen molar-refractivity contribution in [2.45, 2.75) is 45.6 Å². The lowest BCUT2D eigenvalue weighted by molar-refractivity contribution is 0.102. The number of imidazole rings is 1. The van der Waals surface area contributed by atoms with E-state index < -0.39 is 0 Å². The van der Waals surface area contributed by atoms with Crippen LogP contribution in [0.25, 0.3) is 11.0 Å². The van der Waals surface area contributed by atoms with Crippen LogP contribution < -0.4 is 15.8 Å². The molecule has 0 atom stereocenters. The van der Waals surface area contributed by atoms with E-state index in [-0.39, 0.29) is 5.91 Å². The molecule has 3 aromatic carbocycles. The summed E-state index contributed by atoms with van der Waals surface area (Å²) in [5, 5.41) is 2.95. The normalized spacial score (nSPS) is 11.0. The first-order valence-electron chi connectivity index (χ1n) is 12.0. The molecule has 0 aliphatic heterocycles. The molecule has 4 rings (SSSR count). The van der Waals surface area contributed by atoms with Gasteiger partial charge in [0.15, 0.2) is 0 Å². The first-order valence-corrected chi connectivity index (χ1v) is 12.0. The Morgan fingerprint density at radius 1 is 1.00 bits per heavy atom. The number of rotatable bonds is 11. The summed E-state index contributed by atoms with van der Waals surface area (Å²) in [4.78, 5) is 17.2. The zero-order chi connectivity index (χ0) is 23.8. The molecule has 0 fully saturated rings. The summed E-state index contributed by atoms with van der Waals surface area (Å²) < 4.78 is 7.75. The molecule has 0 bridgehead atoms.